The number of aliphatic carboxylic acids is 1. The van der Waals surface area contributed by atoms with Crippen LogP contribution in [-0.4, -0.2) is 28.5 Å². The first-order valence-electron chi connectivity index (χ1n) is 6.51. The Hall–Kier alpha value is -2.69. The van der Waals surface area contributed by atoms with E-state index in [1.54, 1.807) is 30.5 Å². The van der Waals surface area contributed by atoms with Crippen molar-refractivity contribution in [2.45, 2.75) is 13.8 Å². The van der Waals surface area contributed by atoms with Crippen molar-refractivity contribution in [2.75, 3.05) is 6.54 Å². The van der Waals surface area contributed by atoms with E-state index in [1.807, 2.05) is 13.8 Å². The smallest absolute Gasteiger partial charge is 0.322 e. The molecule has 2 aromatic rings. The number of pyridine rings is 1. The second kappa shape index (κ2) is 6.17. The highest BCUT2D eigenvalue weighted by atomic mass is 16.4. The van der Waals surface area contributed by atoms with E-state index in [0.29, 0.717) is 5.56 Å². The van der Waals surface area contributed by atoms with Crippen LogP contribution in [0.15, 0.2) is 36.5 Å². The Bertz CT molecular complexity index is 678. The normalized spacial score (nSPS) is 10.2. The summed E-state index contributed by atoms with van der Waals surface area (Å²) in [5.74, 6) is -1.48. The van der Waals surface area contributed by atoms with Crippen molar-refractivity contribution in [3.8, 4) is 11.3 Å². The first-order chi connectivity index (χ1) is 9.97. The second-order valence-electron chi connectivity index (χ2n) is 4.83. The summed E-state index contributed by atoms with van der Waals surface area (Å²) in [7, 11) is 0. The molecule has 0 aliphatic rings. The van der Waals surface area contributed by atoms with Crippen molar-refractivity contribution in [2.24, 2.45) is 0 Å². The second-order valence-corrected chi connectivity index (χ2v) is 4.83. The van der Waals surface area contributed by atoms with Crippen LogP contribution in [0.1, 0.15) is 21.5 Å². The Morgan fingerprint density at radius 2 is 1.86 bits per heavy atom. The lowest BCUT2D eigenvalue weighted by Crippen LogP contribution is -2.29. The number of amides is 1. The lowest BCUT2D eigenvalue weighted by molar-refractivity contribution is -0.135. The zero-order chi connectivity index (χ0) is 15.4. The summed E-state index contributed by atoms with van der Waals surface area (Å²) < 4.78 is 0. The van der Waals surface area contributed by atoms with Gasteiger partial charge in [-0.05, 0) is 37.1 Å². The van der Waals surface area contributed by atoms with Gasteiger partial charge < -0.3 is 10.4 Å². The van der Waals surface area contributed by atoms with Crippen LogP contribution in [0.2, 0.25) is 0 Å². The Kier molecular flexibility index (Phi) is 4.33. The van der Waals surface area contributed by atoms with Crippen LogP contribution in [0.4, 0.5) is 0 Å². The zero-order valence-electron chi connectivity index (χ0n) is 11.9. The van der Waals surface area contributed by atoms with Crippen molar-refractivity contribution in [1.82, 2.24) is 10.3 Å². The van der Waals surface area contributed by atoms with Crippen LogP contribution < -0.4 is 5.32 Å². The number of aromatic nitrogens is 1. The van der Waals surface area contributed by atoms with E-state index in [4.69, 9.17) is 5.11 Å². The van der Waals surface area contributed by atoms with Gasteiger partial charge in [-0.2, -0.15) is 0 Å². The molecule has 1 amide bonds. The van der Waals surface area contributed by atoms with Gasteiger partial charge in [-0.1, -0.05) is 18.2 Å². The molecule has 5 nitrogen and oxygen atoms in total. The maximum absolute atomic E-state index is 11.7. The molecule has 1 aromatic carbocycles. The Morgan fingerprint density at radius 1 is 1.19 bits per heavy atom. The van der Waals surface area contributed by atoms with Crippen LogP contribution >= 0.6 is 0 Å². The highest BCUT2D eigenvalue weighted by Gasteiger charge is 2.08. The van der Waals surface area contributed by atoms with E-state index in [2.05, 4.69) is 16.4 Å². The Labute approximate surface area is 122 Å². The molecule has 0 radical (unpaired) electrons. The number of carboxylic acids is 1. The molecule has 5 heteroatoms. The highest BCUT2D eigenvalue weighted by molar-refractivity contribution is 5.96. The van der Waals surface area contributed by atoms with Crippen molar-refractivity contribution < 1.29 is 14.7 Å². The topological polar surface area (TPSA) is 79.3 Å². The fourth-order valence-corrected chi connectivity index (χ4v) is 2.05. The molecule has 0 saturated carbocycles. The van der Waals surface area contributed by atoms with Gasteiger partial charge >= 0.3 is 5.97 Å². The summed E-state index contributed by atoms with van der Waals surface area (Å²) in [6, 6.07) is 8.98. The van der Waals surface area contributed by atoms with Crippen LogP contribution in [0.3, 0.4) is 0 Å². The lowest BCUT2D eigenvalue weighted by Gasteiger charge is -2.07. The van der Waals surface area contributed by atoms with Gasteiger partial charge in [-0.25, -0.2) is 0 Å². The molecule has 0 atom stereocenters. The predicted molar refractivity (Wildman–Crippen MR) is 79.1 cm³/mol. The number of nitrogens with one attached hydrogen (secondary N) is 1. The number of benzene rings is 1. The van der Waals surface area contributed by atoms with Crippen molar-refractivity contribution in [3.63, 3.8) is 0 Å². The van der Waals surface area contributed by atoms with E-state index >= 15 is 0 Å². The van der Waals surface area contributed by atoms with Gasteiger partial charge in [0.15, 0.2) is 0 Å². The monoisotopic (exact) mass is 284 g/mol. The van der Waals surface area contributed by atoms with E-state index in [-0.39, 0.29) is 6.54 Å². The molecule has 2 rings (SSSR count). The van der Waals surface area contributed by atoms with E-state index in [1.165, 1.54) is 0 Å². The van der Waals surface area contributed by atoms with Crippen molar-refractivity contribution >= 4 is 11.9 Å². The minimum Gasteiger partial charge on any atom is -0.480 e. The van der Waals surface area contributed by atoms with Crippen LogP contribution in [0.5, 0.6) is 0 Å². The van der Waals surface area contributed by atoms with Gasteiger partial charge in [0.1, 0.15) is 6.54 Å². The Balaban J connectivity index is 2.18. The van der Waals surface area contributed by atoms with Gasteiger partial charge in [0.05, 0.1) is 5.69 Å². The zero-order valence-corrected chi connectivity index (χ0v) is 11.9. The number of hydrogen-bond donors (Lipinski definition) is 2. The molecule has 2 N–H and O–H groups in total. The Morgan fingerprint density at radius 3 is 2.43 bits per heavy atom. The number of carboxylic acid groups (broad SMARTS) is 1. The molecule has 0 spiro atoms. The highest BCUT2D eigenvalue weighted by Crippen LogP contribution is 2.21. The molecule has 0 saturated heterocycles. The van der Waals surface area contributed by atoms with Gasteiger partial charge in [-0.15, -0.1) is 0 Å². The molecule has 0 bridgehead atoms. The van der Waals surface area contributed by atoms with E-state index in [9.17, 15) is 9.59 Å². The fourth-order valence-electron chi connectivity index (χ4n) is 2.05. The van der Waals surface area contributed by atoms with E-state index in [0.717, 1.165) is 22.4 Å². The molecule has 0 fully saturated rings. The van der Waals surface area contributed by atoms with Gasteiger partial charge in [-0.3, -0.25) is 14.6 Å². The summed E-state index contributed by atoms with van der Waals surface area (Å²) >= 11 is 0. The molecule has 1 heterocycles. The van der Waals surface area contributed by atoms with Crippen molar-refractivity contribution in [1.29, 1.82) is 0 Å². The number of carbonyl (C=O) groups is 2. The third kappa shape index (κ3) is 3.66. The average Bonchev–Trinajstić information content (AvgIpc) is 2.45. The number of hydrogen-bond acceptors (Lipinski definition) is 3. The molecule has 0 aliphatic heterocycles. The first-order valence-corrected chi connectivity index (χ1v) is 6.51. The summed E-state index contributed by atoms with van der Waals surface area (Å²) in [5, 5.41) is 10.9. The quantitative estimate of drug-likeness (QED) is 0.902. The summed E-state index contributed by atoms with van der Waals surface area (Å²) in [5.41, 5.74) is 4.38. The molecule has 21 heavy (non-hydrogen) atoms. The number of carbonyl (C=O) groups excluding carboxylic acids is 1. The summed E-state index contributed by atoms with van der Waals surface area (Å²) in [4.78, 5) is 26.5. The first kappa shape index (κ1) is 14.7. The van der Waals surface area contributed by atoms with E-state index < -0.39 is 11.9 Å². The fraction of sp³-hybridized carbons (Fsp3) is 0.188. The third-order valence-corrected chi connectivity index (χ3v) is 3.04. The van der Waals surface area contributed by atoms with Crippen LogP contribution in [0, 0.1) is 13.8 Å². The molecular formula is C16H16N2O3. The van der Waals surface area contributed by atoms with Gasteiger partial charge in [0, 0.05) is 17.3 Å². The largest absolute Gasteiger partial charge is 0.480 e. The maximum atomic E-state index is 11.7. The number of rotatable bonds is 4. The van der Waals surface area contributed by atoms with Crippen molar-refractivity contribution in [3.05, 3.63) is 53.2 Å². The van der Waals surface area contributed by atoms with Crippen LogP contribution in [-0.2, 0) is 4.79 Å². The minimum atomic E-state index is -1.07. The number of aryl methyl sites for hydroxylation is 2. The standard InChI is InChI=1S/C16H16N2O3/c1-10-7-11(2)15(17-8-10)12-3-5-13(6-4-12)16(21)18-9-14(19)20/h3-8H,9H2,1-2H3,(H,18,21)(H,19,20). The molecule has 1 aromatic heterocycles. The minimum absolute atomic E-state index is 0.390. The third-order valence-electron chi connectivity index (χ3n) is 3.04. The molecule has 0 unspecified atom stereocenters. The average molecular weight is 284 g/mol. The predicted octanol–water partition coefficient (Wildman–Crippen LogP) is 2.18. The summed E-state index contributed by atoms with van der Waals surface area (Å²) in [6.07, 6.45) is 1.80. The SMILES string of the molecule is Cc1cnc(-c2ccc(C(=O)NCC(=O)O)cc2)c(C)c1. The molecular weight excluding hydrogens is 268 g/mol. The van der Waals surface area contributed by atoms with Gasteiger partial charge in [0.25, 0.3) is 5.91 Å². The number of nitrogens with zero attached hydrogens (tertiary/aromatic N) is 1. The maximum Gasteiger partial charge on any atom is 0.322 e. The van der Waals surface area contributed by atoms with Crippen LogP contribution in [0.25, 0.3) is 11.3 Å². The lowest BCUT2D eigenvalue weighted by atomic mass is 10.0. The molecule has 108 valence electrons. The molecule has 0 aliphatic carbocycles. The summed E-state index contributed by atoms with van der Waals surface area (Å²) in [6.45, 7) is 3.59. The van der Waals surface area contributed by atoms with Gasteiger partial charge in [0.2, 0.25) is 0 Å².